The summed E-state index contributed by atoms with van der Waals surface area (Å²) in [5.74, 6) is 0.703. The summed E-state index contributed by atoms with van der Waals surface area (Å²) in [6.45, 7) is 16.6. The van der Waals surface area contributed by atoms with E-state index in [0.29, 0.717) is 11.3 Å². The van der Waals surface area contributed by atoms with Crippen LogP contribution in [0.4, 0.5) is 4.39 Å². The highest BCUT2D eigenvalue weighted by Crippen LogP contribution is 2.41. The molecule has 0 bridgehead atoms. The Labute approximate surface area is 165 Å². The number of hydrogen-bond donors (Lipinski definition) is 1. The molecule has 2 aliphatic rings. The first-order valence-electron chi connectivity index (χ1n) is 10.6. The van der Waals surface area contributed by atoms with Gasteiger partial charge >= 0.3 is 0 Å². The van der Waals surface area contributed by atoms with Crippen LogP contribution in [0.3, 0.4) is 0 Å². The molecule has 2 fully saturated rings. The van der Waals surface area contributed by atoms with Crippen LogP contribution in [-0.4, -0.2) is 31.1 Å². The third kappa shape index (κ3) is 5.34. The molecule has 0 aromatic heterocycles. The van der Waals surface area contributed by atoms with Crippen molar-refractivity contribution in [2.45, 2.75) is 65.5 Å². The lowest BCUT2D eigenvalue weighted by molar-refractivity contribution is 0.0642. The van der Waals surface area contributed by atoms with Crippen LogP contribution in [0.15, 0.2) is 24.8 Å². The molecule has 2 nitrogen and oxygen atoms in total. The van der Waals surface area contributed by atoms with Gasteiger partial charge in [-0.25, -0.2) is 4.39 Å². The number of alkyl halides is 1. The second-order valence-electron chi connectivity index (χ2n) is 9.80. The van der Waals surface area contributed by atoms with Gasteiger partial charge in [-0.2, -0.15) is 0 Å². The van der Waals surface area contributed by atoms with E-state index in [1.54, 1.807) is 13.8 Å². The summed E-state index contributed by atoms with van der Waals surface area (Å²) in [7, 11) is 0. The number of nitrogens with zero attached hydrogens (tertiary/aromatic N) is 1. The van der Waals surface area contributed by atoms with Crippen molar-refractivity contribution in [3.8, 4) is 0 Å². The lowest BCUT2D eigenvalue weighted by Crippen LogP contribution is -2.44. The molecule has 1 aliphatic carbocycles. The van der Waals surface area contributed by atoms with E-state index in [-0.39, 0.29) is 0 Å². The van der Waals surface area contributed by atoms with Gasteiger partial charge in [-0.1, -0.05) is 31.6 Å². The minimum Gasteiger partial charge on any atom is -0.385 e. The van der Waals surface area contributed by atoms with Gasteiger partial charge in [0.1, 0.15) is 5.67 Å². The lowest BCUT2D eigenvalue weighted by Gasteiger charge is -2.44. The molecule has 150 valence electrons. The van der Waals surface area contributed by atoms with Crippen molar-refractivity contribution in [1.29, 1.82) is 0 Å². The molecule has 0 unspecified atom stereocenters. The molecule has 1 aromatic rings. The average Bonchev–Trinajstić information content (AvgIpc) is 2.58. The number of likely N-dealkylation sites (tertiary alicyclic amines) is 1. The zero-order valence-corrected chi connectivity index (χ0v) is 17.7. The Bertz CT molecular complexity index is 661. The largest absolute Gasteiger partial charge is 0.385 e. The maximum atomic E-state index is 14.4. The van der Waals surface area contributed by atoms with E-state index in [0.717, 1.165) is 28.9 Å². The molecule has 3 heteroatoms. The van der Waals surface area contributed by atoms with Crippen LogP contribution in [0.25, 0.3) is 5.70 Å². The number of halogens is 1. The predicted octanol–water partition coefficient (Wildman–Crippen LogP) is 5.66. The maximum Gasteiger partial charge on any atom is 0.130 e. The Morgan fingerprint density at radius 3 is 2.48 bits per heavy atom. The smallest absolute Gasteiger partial charge is 0.130 e. The quantitative estimate of drug-likeness (QED) is 0.664. The van der Waals surface area contributed by atoms with Crippen LogP contribution in [-0.2, 0) is 5.67 Å². The van der Waals surface area contributed by atoms with Crippen molar-refractivity contribution in [2.24, 2.45) is 11.3 Å². The third-order valence-corrected chi connectivity index (χ3v) is 6.59. The van der Waals surface area contributed by atoms with Crippen LogP contribution >= 0.6 is 0 Å². The topological polar surface area (TPSA) is 15.3 Å². The third-order valence-electron chi connectivity index (χ3n) is 6.59. The van der Waals surface area contributed by atoms with Gasteiger partial charge in [-0.3, -0.25) is 0 Å². The maximum absolute atomic E-state index is 14.4. The lowest BCUT2D eigenvalue weighted by atomic mass is 9.70. The highest BCUT2D eigenvalue weighted by Gasteiger charge is 2.34. The molecular formula is C24H37FN2. The average molecular weight is 373 g/mol. The van der Waals surface area contributed by atoms with Gasteiger partial charge in [0.2, 0.25) is 0 Å². The standard InChI is InChI=1S/C24H37FN2/c1-18-13-21(15-22(14-18)23(3,4)25)19(2)26-16-20-7-11-27(12-8-20)17-24(5)9-6-10-24/h13-15,20,26H,2,6-12,16-17H2,1,3-5H3. The van der Waals surface area contributed by atoms with E-state index in [2.05, 4.69) is 29.8 Å². The second kappa shape index (κ2) is 7.95. The van der Waals surface area contributed by atoms with E-state index in [9.17, 15) is 4.39 Å². The number of nitrogens with one attached hydrogen (secondary N) is 1. The SMILES string of the molecule is C=C(NCC1CCN(CC2(C)CCC2)CC1)c1cc(C)cc(C(C)(C)F)c1. The first kappa shape index (κ1) is 20.4. The van der Waals surface area contributed by atoms with Crippen LogP contribution in [0.5, 0.6) is 0 Å². The summed E-state index contributed by atoms with van der Waals surface area (Å²) in [4.78, 5) is 2.67. The van der Waals surface area contributed by atoms with Crippen molar-refractivity contribution in [1.82, 2.24) is 10.2 Å². The first-order valence-corrected chi connectivity index (χ1v) is 10.6. The summed E-state index contributed by atoms with van der Waals surface area (Å²) in [5, 5.41) is 3.52. The number of benzene rings is 1. The van der Waals surface area contributed by atoms with Crippen molar-refractivity contribution in [3.63, 3.8) is 0 Å². The van der Waals surface area contributed by atoms with Crippen LogP contribution < -0.4 is 5.32 Å². The Morgan fingerprint density at radius 1 is 1.26 bits per heavy atom. The molecule has 0 radical (unpaired) electrons. The fourth-order valence-corrected chi connectivity index (χ4v) is 4.50. The molecule has 0 amide bonds. The van der Waals surface area contributed by atoms with E-state index in [4.69, 9.17) is 0 Å². The predicted molar refractivity (Wildman–Crippen MR) is 113 cm³/mol. The van der Waals surface area contributed by atoms with Crippen molar-refractivity contribution >= 4 is 5.70 Å². The van der Waals surface area contributed by atoms with E-state index < -0.39 is 5.67 Å². The minimum absolute atomic E-state index is 0.590. The van der Waals surface area contributed by atoms with Crippen molar-refractivity contribution < 1.29 is 4.39 Å². The second-order valence-corrected chi connectivity index (χ2v) is 9.80. The molecule has 3 rings (SSSR count). The highest BCUT2D eigenvalue weighted by molar-refractivity contribution is 5.63. The number of piperidine rings is 1. The molecule has 0 spiro atoms. The summed E-state index contributed by atoms with van der Waals surface area (Å²) < 4.78 is 14.4. The fourth-order valence-electron chi connectivity index (χ4n) is 4.50. The molecular weight excluding hydrogens is 335 g/mol. The summed E-state index contributed by atoms with van der Waals surface area (Å²) >= 11 is 0. The molecule has 1 heterocycles. The van der Waals surface area contributed by atoms with Crippen LogP contribution in [0.1, 0.15) is 69.6 Å². The van der Waals surface area contributed by atoms with Crippen LogP contribution in [0, 0.1) is 18.3 Å². The van der Waals surface area contributed by atoms with E-state index in [1.807, 2.05) is 19.1 Å². The van der Waals surface area contributed by atoms with Gasteiger partial charge < -0.3 is 10.2 Å². The molecule has 1 aliphatic heterocycles. The van der Waals surface area contributed by atoms with Gasteiger partial charge in [0, 0.05) is 18.8 Å². The summed E-state index contributed by atoms with van der Waals surface area (Å²) in [5.41, 5.74) is 2.98. The van der Waals surface area contributed by atoms with E-state index >= 15 is 0 Å². The summed E-state index contributed by atoms with van der Waals surface area (Å²) in [6.07, 6.45) is 6.74. The minimum atomic E-state index is -1.33. The van der Waals surface area contributed by atoms with Gasteiger partial charge in [0.05, 0.1) is 0 Å². The highest BCUT2D eigenvalue weighted by atomic mass is 19.1. The van der Waals surface area contributed by atoms with Crippen molar-refractivity contribution in [2.75, 3.05) is 26.2 Å². The fraction of sp³-hybridized carbons (Fsp3) is 0.667. The van der Waals surface area contributed by atoms with Crippen LogP contribution in [0.2, 0.25) is 0 Å². The van der Waals surface area contributed by atoms with Gasteiger partial charge in [0.15, 0.2) is 0 Å². The zero-order valence-electron chi connectivity index (χ0n) is 17.7. The molecule has 1 aromatic carbocycles. The number of aryl methyl sites for hydroxylation is 1. The Balaban J connectivity index is 1.48. The molecule has 1 saturated heterocycles. The molecule has 1 saturated carbocycles. The first-order chi connectivity index (χ1) is 12.6. The Kier molecular flexibility index (Phi) is 6.00. The normalized spacial score (nSPS) is 20.9. The Hall–Kier alpha value is -1.35. The molecule has 0 atom stereocenters. The Morgan fingerprint density at radius 2 is 1.93 bits per heavy atom. The van der Waals surface area contributed by atoms with Gasteiger partial charge in [-0.15, -0.1) is 0 Å². The monoisotopic (exact) mass is 372 g/mol. The van der Waals surface area contributed by atoms with Gasteiger partial charge in [-0.05, 0) is 94.1 Å². The van der Waals surface area contributed by atoms with Gasteiger partial charge in [0.25, 0.3) is 0 Å². The summed E-state index contributed by atoms with van der Waals surface area (Å²) in [6, 6.07) is 5.95. The van der Waals surface area contributed by atoms with Crippen molar-refractivity contribution in [3.05, 3.63) is 41.5 Å². The number of hydrogen-bond acceptors (Lipinski definition) is 2. The molecule has 1 N–H and O–H groups in total. The van der Waals surface area contributed by atoms with E-state index in [1.165, 1.54) is 51.7 Å². The molecule has 27 heavy (non-hydrogen) atoms. The number of rotatable bonds is 7. The zero-order chi connectivity index (χ0) is 19.7.